The van der Waals surface area contributed by atoms with Crippen molar-refractivity contribution in [3.05, 3.63) is 23.8 Å². The van der Waals surface area contributed by atoms with E-state index in [1.54, 1.807) is 0 Å². The second-order valence-corrected chi connectivity index (χ2v) is 7.33. The SMILES string of the molecule is CC1CCN(c2ccc(N)cc2C(=O)N(C)CCCN(C)C)CC1. The van der Waals surface area contributed by atoms with Gasteiger partial charge in [-0.15, -0.1) is 0 Å². The Kier molecular flexibility index (Phi) is 6.49. The first-order valence-electron chi connectivity index (χ1n) is 8.93. The van der Waals surface area contributed by atoms with Gasteiger partial charge < -0.3 is 20.4 Å². The molecule has 0 aliphatic carbocycles. The number of rotatable bonds is 6. The average molecular weight is 332 g/mol. The largest absolute Gasteiger partial charge is 0.399 e. The van der Waals surface area contributed by atoms with Crippen LogP contribution in [-0.4, -0.2) is 63.0 Å². The number of piperidine rings is 1. The minimum absolute atomic E-state index is 0.0645. The Morgan fingerprint density at radius 2 is 1.88 bits per heavy atom. The van der Waals surface area contributed by atoms with Crippen molar-refractivity contribution >= 4 is 17.3 Å². The predicted molar refractivity (Wildman–Crippen MR) is 102 cm³/mol. The molecule has 1 saturated heterocycles. The highest BCUT2D eigenvalue weighted by Crippen LogP contribution is 2.28. The smallest absolute Gasteiger partial charge is 0.255 e. The molecule has 1 aliphatic rings. The van der Waals surface area contributed by atoms with Gasteiger partial charge in [0, 0.05) is 38.1 Å². The number of hydrogen-bond donors (Lipinski definition) is 1. The van der Waals surface area contributed by atoms with Gasteiger partial charge in [-0.1, -0.05) is 6.92 Å². The van der Waals surface area contributed by atoms with E-state index in [4.69, 9.17) is 5.73 Å². The molecule has 0 atom stereocenters. The van der Waals surface area contributed by atoms with Crippen molar-refractivity contribution in [2.45, 2.75) is 26.2 Å². The zero-order chi connectivity index (χ0) is 17.7. The number of benzene rings is 1. The van der Waals surface area contributed by atoms with Crippen LogP contribution in [0.2, 0.25) is 0 Å². The Hall–Kier alpha value is -1.75. The van der Waals surface area contributed by atoms with Gasteiger partial charge in [-0.25, -0.2) is 0 Å². The second-order valence-electron chi connectivity index (χ2n) is 7.33. The van der Waals surface area contributed by atoms with Crippen molar-refractivity contribution in [1.29, 1.82) is 0 Å². The van der Waals surface area contributed by atoms with E-state index < -0.39 is 0 Å². The maximum absolute atomic E-state index is 12.9. The summed E-state index contributed by atoms with van der Waals surface area (Å²) < 4.78 is 0. The highest BCUT2D eigenvalue weighted by atomic mass is 16.2. The summed E-state index contributed by atoms with van der Waals surface area (Å²) in [7, 11) is 5.98. The van der Waals surface area contributed by atoms with Crippen LogP contribution in [0.5, 0.6) is 0 Å². The number of hydrogen-bond acceptors (Lipinski definition) is 4. The van der Waals surface area contributed by atoms with E-state index in [0.717, 1.165) is 49.8 Å². The summed E-state index contributed by atoms with van der Waals surface area (Å²) in [6.07, 6.45) is 3.32. The maximum Gasteiger partial charge on any atom is 0.255 e. The fraction of sp³-hybridized carbons (Fsp3) is 0.632. The first-order valence-corrected chi connectivity index (χ1v) is 8.93. The van der Waals surface area contributed by atoms with E-state index in [9.17, 15) is 4.79 Å². The molecular weight excluding hydrogens is 300 g/mol. The molecule has 134 valence electrons. The van der Waals surface area contributed by atoms with Crippen molar-refractivity contribution in [1.82, 2.24) is 9.80 Å². The molecule has 24 heavy (non-hydrogen) atoms. The molecule has 0 unspecified atom stereocenters. The number of nitrogen functional groups attached to an aromatic ring is 1. The summed E-state index contributed by atoms with van der Waals surface area (Å²) in [6.45, 7) is 6.05. The Morgan fingerprint density at radius 3 is 2.50 bits per heavy atom. The summed E-state index contributed by atoms with van der Waals surface area (Å²) in [5.41, 5.74) is 8.37. The van der Waals surface area contributed by atoms with Crippen LogP contribution < -0.4 is 10.6 Å². The van der Waals surface area contributed by atoms with Crippen molar-refractivity contribution in [2.75, 3.05) is 58.0 Å². The first kappa shape index (κ1) is 18.6. The van der Waals surface area contributed by atoms with Crippen molar-refractivity contribution < 1.29 is 4.79 Å². The van der Waals surface area contributed by atoms with Gasteiger partial charge in [-0.05, 0) is 64.0 Å². The number of amides is 1. The molecule has 0 saturated carbocycles. The van der Waals surface area contributed by atoms with Gasteiger partial charge in [-0.3, -0.25) is 4.79 Å². The van der Waals surface area contributed by atoms with E-state index in [1.165, 1.54) is 12.8 Å². The van der Waals surface area contributed by atoms with E-state index in [0.29, 0.717) is 5.69 Å². The molecule has 2 N–H and O–H groups in total. The highest BCUT2D eigenvalue weighted by Gasteiger charge is 2.22. The number of carbonyl (C=O) groups excluding carboxylic acids is 1. The molecule has 1 aromatic rings. The monoisotopic (exact) mass is 332 g/mol. The topological polar surface area (TPSA) is 52.8 Å². The van der Waals surface area contributed by atoms with Gasteiger partial charge in [0.2, 0.25) is 0 Å². The van der Waals surface area contributed by atoms with Gasteiger partial charge in [-0.2, -0.15) is 0 Å². The molecule has 0 bridgehead atoms. The number of nitrogens with two attached hydrogens (primary N) is 1. The zero-order valence-electron chi connectivity index (χ0n) is 15.6. The highest BCUT2D eigenvalue weighted by molar-refractivity contribution is 6.00. The van der Waals surface area contributed by atoms with Crippen LogP contribution in [0.25, 0.3) is 0 Å². The summed E-state index contributed by atoms with van der Waals surface area (Å²) >= 11 is 0. The molecule has 1 amide bonds. The molecule has 2 rings (SSSR count). The summed E-state index contributed by atoms with van der Waals surface area (Å²) in [6, 6.07) is 5.74. The van der Waals surface area contributed by atoms with Crippen molar-refractivity contribution in [3.8, 4) is 0 Å². The van der Waals surface area contributed by atoms with Crippen LogP contribution in [0, 0.1) is 5.92 Å². The molecule has 5 heteroatoms. The Labute approximate surface area is 146 Å². The zero-order valence-corrected chi connectivity index (χ0v) is 15.6. The minimum Gasteiger partial charge on any atom is -0.399 e. The Bertz CT molecular complexity index is 550. The molecule has 5 nitrogen and oxygen atoms in total. The maximum atomic E-state index is 12.9. The van der Waals surface area contributed by atoms with E-state index in [1.807, 2.05) is 30.1 Å². The van der Waals surface area contributed by atoms with Gasteiger partial charge in [0.05, 0.1) is 5.56 Å². The fourth-order valence-corrected chi connectivity index (χ4v) is 3.18. The van der Waals surface area contributed by atoms with Crippen LogP contribution in [-0.2, 0) is 0 Å². The van der Waals surface area contributed by atoms with E-state index in [-0.39, 0.29) is 5.91 Å². The first-order chi connectivity index (χ1) is 11.4. The molecule has 0 radical (unpaired) electrons. The lowest BCUT2D eigenvalue weighted by atomic mass is 9.97. The normalized spacial score (nSPS) is 15.8. The molecular formula is C19H32N4O. The lowest BCUT2D eigenvalue weighted by Crippen LogP contribution is -2.36. The molecule has 0 aromatic heterocycles. The third-order valence-electron chi connectivity index (χ3n) is 4.82. The van der Waals surface area contributed by atoms with Crippen LogP contribution >= 0.6 is 0 Å². The van der Waals surface area contributed by atoms with Crippen LogP contribution in [0.4, 0.5) is 11.4 Å². The van der Waals surface area contributed by atoms with Gasteiger partial charge in [0.25, 0.3) is 5.91 Å². The standard InChI is InChI=1S/C19H32N4O/c1-15-8-12-23(13-9-15)18-7-6-16(20)14-17(18)19(24)22(4)11-5-10-21(2)3/h6-7,14-15H,5,8-13,20H2,1-4H3. The fourth-order valence-electron chi connectivity index (χ4n) is 3.18. The third-order valence-corrected chi connectivity index (χ3v) is 4.82. The lowest BCUT2D eigenvalue weighted by Gasteiger charge is -2.34. The van der Waals surface area contributed by atoms with Gasteiger partial charge in [0.15, 0.2) is 0 Å². The molecule has 0 spiro atoms. The third kappa shape index (κ3) is 4.87. The van der Waals surface area contributed by atoms with Crippen LogP contribution in [0.1, 0.15) is 36.5 Å². The molecule has 1 heterocycles. The Balaban J connectivity index is 2.12. The van der Waals surface area contributed by atoms with Gasteiger partial charge in [0.1, 0.15) is 0 Å². The summed E-state index contributed by atoms with van der Waals surface area (Å²) in [5, 5.41) is 0. The predicted octanol–water partition coefficient (Wildman–Crippen LogP) is 2.53. The summed E-state index contributed by atoms with van der Waals surface area (Å²) in [5.74, 6) is 0.831. The lowest BCUT2D eigenvalue weighted by molar-refractivity contribution is 0.0791. The average Bonchev–Trinajstić information content (AvgIpc) is 2.54. The number of carbonyl (C=O) groups is 1. The number of anilines is 2. The minimum atomic E-state index is 0.0645. The second kappa shape index (κ2) is 8.38. The number of nitrogens with zero attached hydrogens (tertiary/aromatic N) is 3. The molecule has 1 aliphatic heterocycles. The van der Waals surface area contributed by atoms with Crippen molar-refractivity contribution in [3.63, 3.8) is 0 Å². The van der Waals surface area contributed by atoms with Crippen LogP contribution in [0.3, 0.4) is 0 Å². The van der Waals surface area contributed by atoms with Crippen molar-refractivity contribution in [2.24, 2.45) is 5.92 Å². The van der Waals surface area contributed by atoms with E-state index in [2.05, 4.69) is 30.8 Å². The molecule has 1 fully saturated rings. The van der Waals surface area contributed by atoms with Gasteiger partial charge >= 0.3 is 0 Å². The quantitative estimate of drug-likeness (QED) is 0.814. The summed E-state index contributed by atoms with van der Waals surface area (Å²) in [4.78, 5) is 19.2. The Morgan fingerprint density at radius 1 is 1.21 bits per heavy atom. The molecule has 1 aromatic carbocycles. The van der Waals surface area contributed by atoms with E-state index >= 15 is 0 Å². The van der Waals surface area contributed by atoms with Crippen LogP contribution in [0.15, 0.2) is 18.2 Å².